The molecule has 0 aromatic carbocycles. The van der Waals surface area contributed by atoms with Crippen LogP contribution in [0.4, 0.5) is 0 Å². The van der Waals surface area contributed by atoms with Crippen LogP contribution >= 0.6 is 0 Å². The number of ether oxygens (including phenoxy) is 1. The van der Waals surface area contributed by atoms with Crippen LogP contribution in [0.15, 0.2) is 5.10 Å². The second-order valence-electron chi connectivity index (χ2n) is 3.50. The molecule has 4 nitrogen and oxygen atoms in total. The van der Waals surface area contributed by atoms with E-state index in [9.17, 15) is 4.79 Å². The highest BCUT2D eigenvalue weighted by molar-refractivity contribution is 5.91. The zero-order valence-electron chi connectivity index (χ0n) is 8.33. The predicted molar refractivity (Wildman–Crippen MR) is 50.4 cm³/mol. The number of hydrogen-bond donors (Lipinski definition) is 1. The van der Waals surface area contributed by atoms with Crippen molar-refractivity contribution < 1.29 is 9.53 Å². The SMILES string of the molecule is CC(C)C(=O)N/N=C1/CCOC1C. The molecule has 13 heavy (non-hydrogen) atoms. The van der Waals surface area contributed by atoms with Gasteiger partial charge in [-0.3, -0.25) is 4.79 Å². The maximum atomic E-state index is 11.1. The highest BCUT2D eigenvalue weighted by atomic mass is 16.5. The summed E-state index contributed by atoms with van der Waals surface area (Å²) in [5.41, 5.74) is 3.45. The first-order valence-corrected chi connectivity index (χ1v) is 4.59. The minimum Gasteiger partial charge on any atom is -0.372 e. The van der Waals surface area contributed by atoms with Gasteiger partial charge >= 0.3 is 0 Å². The Kier molecular flexibility index (Phi) is 3.42. The van der Waals surface area contributed by atoms with E-state index in [0.717, 1.165) is 12.1 Å². The number of carbonyl (C=O) groups is 1. The lowest BCUT2D eigenvalue weighted by Gasteiger charge is -2.05. The number of nitrogens with one attached hydrogen (secondary N) is 1. The van der Waals surface area contributed by atoms with Crippen molar-refractivity contribution >= 4 is 11.6 Å². The monoisotopic (exact) mass is 184 g/mol. The average Bonchev–Trinajstić information content (AvgIpc) is 2.47. The molecule has 1 fully saturated rings. The normalized spacial score (nSPS) is 25.5. The Morgan fingerprint density at radius 3 is 2.85 bits per heavy atom. The van der Waals surface area contributed by atoms with Gasteiger partial charge in [0.15, 0.2) is 0 Å². The van der Waals surface area contributed by atoms with E-state index in [1.807, 2.05) is 20.8 Å². The summed E-state index contributed by atoms with van der Waals surface area (Å²) in [5.74, 6) is -0.0754. The minimum absolute atomic E-state index is 0.0259. The smallest absolute Gasteiger partial charge is 0.242 e. The third-order valence-corrected chi connectivity index (χ3v) is 2.03. The first-order valence-electron chi connectivity index (χ1n) is 4.59. The summed E-state index contributed by atoms with van der Waals surface area (Å²) in [5, 5.41) is 4.02. The van der Waals surface area contributed by atoms with Crippen LogP contribution in [-0.2, 0) is 9.53 Å². The molecule has 74 valence electrons. The lowest BCUT2D eigenvalue weighted by molar-refractivity contribution is -0.123. The van der Waals surface area contributed by atoms with Crippen molar-refractivity contribution in [2.75, 3.05) is 6.61 Å². The van der Waals surface area contributed by atoms with Crippen LogP contribution in [0.2, 0.25) is 0 Å². The minimum atomic E-state index is -0.0494. The van der Waals surface area contributed by atoms with E-state index >= 15 is 0 Å². The molecule has 1 aliphatic heterocycles. The second-order valence-corrected chi connectivity index (χ2v) is 3.50. The second kappa shape index (κ2) is 4.37. The number of hydrazone groups is 1. The van der Waals surface area contributed by atoms with E-state index in [1.54, 1.807) is 0 Å². The molecule has 0 radical (unpaired) electrons. The van der Waals surface area contributed by atoms with Gasteiger partial charge in [-0.25, -0.2) is 5.43 Å². The number of amides is 1. The van der Waals surface area contributed by atoms with Crippen LogP contribution in [-0.4, -0.2) is 24.3 Å². The maximum Gasteiger partial charge on any atom is 0.242 e. The highest BCUT2D eigenvalue weighted by Gasteiger charge is 2.18. The summed E-state index contributed by atoms with van der Waals surface area (Å²) in [4.78, 5) is 11.1. The molecule has 1 saturated heterocycles. The van der Waals surface area contributed by atoms with Crippen LogP contribution < -0.4 is 5.43 Å². The molecular formula is C9H16N2O2. The molecule has 0 spiro atoms. The van der Waals surface area contributed by atoms with E-state index in [4.69, 9.17) is 4.74 Å². The molecule has 1 aliphatic rings. The number of rotatable bonds is 2. The molecule has 0 bridgehead atoms. The quantitative estimate of drug-likeness (QED) is 0.649. The van der Waals surface area contributed by atoms with Gasteiger partial charge in [-0.2, -0.15) is 5.10 Å². The third-order valence-electron chi connectivity index (χ3n) is 2.03. The molecule has 1 heterocycles. The van der Waals surface area contributed by atoms with Crippen molar-refractivity contribution in [1.82, 2.24) is 5.43 Å². The Morgan fingerprint density at radius 2 is 2.38 bits per heavy atom. The van der Waals surface area contributed by atoms with Gasteiger partial charge in [0.2, 0.25) is 5.91 Å². The first-order chi connectivity index (χ1) is 6.11. The van der Waals surface area contributed by atoms with Crippen LogP contribution in [0, 0.1) is 5.92 Å². The zero-order chi connectivity index (χ0) is 9.84. The summed E-state index contributed by atoms with van der Waals surface area (Å²) >= 11 is 0. The summed E-state index contributed by atoms with van der Waals surface area (Å²) < 4.78 is 5.28. The Morgan fingerprint density at radius 1 is 1.69 bits per heavy atom. The van der Waals surface area contributed by atoms with Crippen molar-refractivity contribution in [2.45, 2.75) is 33.3 Å². The van der Waals surface area contributed by atoms with Crippen LogP contribution in [0.3, 0.4) is 0 Å². The van der Waals surface area contributed by atoms with E-state index < -0.39 is 0 Å². The number of nitrogens with zero attached hydrogens (tertiary/aromatic N) is 1. The van der Waals surface area contributed by atoms with Gasteiger partial charge in [0.1, 0.15) is 0 Å². The predicted octanol–water partition coefficient (Wildman–Crippen LogP) is 0.923. The summed E-state index contributed by atoms with van der Waals surface area (Å²) in [6, 6.07) is 0. The Hall–Kier alpha value is -0.900. The molecule has 1 rings (SSSR count). The fourth-order valence-corrected chi connectivity index (χ4v) is 1.04. The summed E-state index contributed by atoms with van der Waals surface area (Å²) in [6.45, 7) is 6.32. The molecule has 0 aromatic rings. The van der Waals surface area contributed by atoms with Gasteiger partial charge in [-0.15, -0.1) is 0 Å². The average molecular weight is 184 g/mol. The lowest BCUT2D eigenvalue weighted by Crippen LogP contribution is -2.25. The van der Waals surface area contributed by atoms with Gasteiger partial charge in [0, 0.05) is 12.3 Å². The van der Waals surface area contributed by atoms with Crippen molar-refractivity contribution in [3.05, 3.63) is 0 Å². The Balaban J connectivity index is 2.43. The Labute approximate surface area is 78.3 Å². The molecular weight excluding hydrogens is 168 g/mol. The molecule has 0 aliphatic carbocycles. The lowest BCUT2D eigenvalue weighted by atomic mass is 10.2. The van der Waals surface area contributed by atoms with Crippen molar-refractivity contribution in [1.29, 1.82) is 0 Å². The highest BCUT2D eigenvalue weighted by Crippen LogP contribution is 2.08. The van der Waals surface area contributed by atoms with E-state index in [0.29, 0.717) is 6.61 Å². The standard InChI is InChI=1S/C9H16N2O2/c1-6(2)9(12)11-10-8-4-5-13-7(8)3/h6-7H,4-5H2,1-3H3,(H,11,12)/b10-8-. The van der Waals surface area contributed by atoms with Crippen molar-refractivity contribution in [2.24, 2.45) is 11.0 Å². The first kappa shape index (κ1) is 10.2. The maximum absolute atomic E-state index is 11.1. The van der Waals surface area contributed by atoms with E-state index in [-0.39, 0.29) is 17.9 Å². The van der Waals surface area contributed by atoms with E-state index in [1.165, 1.54) is 0 Å². The molecule has 1 amide bonds. The van der Waals surface area contributed by atoms with Gasteiger partial charge < -0.3 is 4.74 Å². The van der Waals surface area contributed by atoms with Gasteiger partial charge in [0.25, 0.3) is 0 Å². The molecule has 1 atom stereocenters. The molecule has 1 unspecified atom stereocenters. The van der Waals surface area contributed by atoms with Crippen LogP contribution in [0.1, 0.15) is 27.2 Å². The molecule has 0 aromatic heterocycles. The largest absolute Gasteiger partial charge is 0.372 e. The Bertz CT molecular complexity index is 224. The van der Waals surface area contributed by atoms with E-state index in [2.05, 4.69) is 10.5 Å². The zero-order valence-corrected chi connectivity index (χ0v) is 8.33. The topological polar surface area (TPSA) is 50.7 Å². The van der Waals surface area contributed by atoms with Gasteiger partial charge in [-0.05, 0) is 6.92 Å². The fourth-order valence-electron chi connectivity index (χ4n) is 1.04. The fraction of sp³-hybridized carbons (Fsp3) is 0.778. The van der Waals surface area contributed by atoms with Crippen LogP contribution in [0.25, 0.3) is 0 Å². The van der Waals surface area contributed by atoms with Gasteiger partial charge in [-0.1, -0.05) is 13.8 Å². The van der Waals surface area contributed by atoms with Gasteiger partial charge in [0.05, 0.1) is 18.4 Å². The molecule has 1 N–H and O–H groups in total. The molecule has 4 heteroatoms. The number of carbonyl (C=O) groups excluding carboxylic acids is 1. The molecule has 0 saturated carbocycles. The third kappa shape index (κ3) is 2.81. The summed E-state index contributed by atoms with van der Waals surface area (Å²) in [6.07, 6.45) is 0.868. The summed E-state index contributed by atoms with van der Waals surface area (Å²) in [7, 11) is 0. The number of hydrogen-bond acceptors (Lipinski definition) is 3. The van der Waals surface area contributed by atoms with Crippen LogP contribution in [0.5, 0.6) is 0 Å². The van der Waals surface area contributed by atoms with Crippen molar-refractivity contribution in [3.63, 3.8) is 0 Å². The van der Waals surface area contributed by atoms with Crippen molar-refractivity contribution in [3.8, 4) is 0 Å².